The first kappa shape index (κ1) is 16.8. The number of aromatic nitrogens is 2. The highest BCUT2D eigenvalue weighted by molar-refractivity contribution is 5.83. The lowest BCUT2D eigenvalue weighted by atomic mass is 10.1. The SMILES string of the molecule is NC(=O)C(Nc1nccc(Cc2ccc3c(c2)OCO3)n1)c1ccccc1. The van der Waals surface area contributed by atoms with Gasteiger partial charge in [0.25, 0.3) is 0 Å². The molecule has 3 aromatic rings. The number of hydrogen-bond acceptors (Lipinski definition) is 6. The van der Waals surface area contributed by atoms with Crippen molar-refractivity contribution in [2.45, 2.75) is 12.5 Å². The van der Waals surface area contributed by atoms with Gasteiger partial charge in [0.15, 0.2) is 11.5 Å². The summed E-state index contributed by atoms with van der Waals surface area (Å²) >= 11 is 0. The highest BCUT2D eigenvalue weighted by Gasteiger charge is 2.19. The van der Waals surface area contributed by atoms with Crippen LogP contribution in [-0.2, 0) is 11.2 Å². The van der Waals surface area contributed by atoms with Crippen molar-refractivity contribution in [3.63, 3.8) is 0 Å². The molecule has 7 nitrogen and oxygen atoms in total. The van der Waals surface area contributed by atoms with Gasteiger partial charge in [-0.1, -0.05) is 36.4 Å². The van der Waals surface area contributed by atoms with Gasteiger partial charge in [-0.15, -0.1) is 0 Å². The fraction of sp³-hybridized carbons (Fsp3) is 0.150. The van der Waals surface area contributed by atoms with Gasteiger partial charge in [-0.2, -0.15) is 0 Å². The molecule has 7 heteroatoms. The number of nitrogens with two attached hydrogens (primary N) is 1. The molecule has 0 aliphatic carbocycles. The second-order valence-corrected chi connectivity index (χ2v) is 6.13. The van der Waals surface area contributed by atoms with Crippen molar-refractivity contribution in [1.82, 2.24) is 9.97 Å². The molecule has 1 unspecified atom stereocenters. The fourth-order valence-corrected chi connectivity index (χ4v) is 2.92. The summed E-state index contributed by atoms with van der Waals surface area (Å²) in [5.41, 5.74) is 8.15. The second kappa shape index (κ2) is 7.33. The molecule has 0 fully saturated rings. The highest BCUT2D eigenvalue weighted by Crippen LogP contribution is 2.33. The minimum absolute atomic E-state index is 0.244. The monoisotopic (exact) mass is 362 g/mol. The predicted octanol–water partition coefficient (Wildman–Crippen LogP) is 2.43. The normalized spacial score (nSPS) is 13.2. The smallest absolute Gasteiger partial charge is 0.244 e. The van der Waals surface area contributed by atoms with Crippen LogP contribution >= 0.6 is 0 Å². The summed E-state index contributed by atoms with van der Waals surface area (Å²) in [5, 5.41) is 3.02. The fourth-order valence-electron chi connectivity index (χ4n) is 2.92. The molecule has 1 aliphatic heterocycles. The molecule has 1 amide bonds. The van der Waals surface area contributed by atoms with E-state index >= 15 is 0 Å². The molecule has 0 bridgehead atoms. The number of primary amides is 1. The van der Waals surface area contributed by atoms with E-state index in [1.807, 2.05) is 54.6 Å². The molecule has 0 radical (unpaired) electrons. The Hall–Kier alpha value is -3.61. The van der Waals surface area contributed by atoms with Crippen LogP contribution < -0.4 is 20.5 Å². The van der Waals surface area contributed by atoms with E-state index in [0.29, 0.717) is 12.4 Å². The first-order valence-corrected chi connectivity index (χ1v) is 8.50. The number of amides is 1. The van der Waals surface area contributed by atoms with Crippen molar-refractivity contribution in [1.29, 1.82) is 0 Å². The molecular formula is C20H18N4O3. The number of fused-ring (bicyclic) bond motifs is 1. The van der Waals surface area contributed by atoms with Crippen LogP contribution in [0.2, 0.25) is 0 Å². The lowest BCUT2D eigenvalue weighted by Crippen LogP contribution is -2.28. The van der Waals surface area contributed by atoms with E-state index in [1.54, 1.807) is 6.20 Å². The first-order chi connectivity index (χ1) is 13.2. The summed E-state index contributed by atoms with van der Waals surface area (Å²) in [6.07, 6.45) is 2.25. The number of nitrogens with one attached hydrogen (secondary N) is 1. The molecule has 27 heavy (non-hydrogen) atoms. The minimum Gasteiger partial charge on any atom is -0.454 e. The maximum absolute atomic E-state index is 11.9. The van der Waals surface area contributed by atoms with E-state index in [4.69, 9.17) is 15.2 Å². The second-order valence-electron chi connectivity index (χ2n) is 6.13. The van der Waals surface area contributed by atoms with Crippen LogP contribution in [-0.4, -0.2) is 22.7 Å². The lowest BCUT2D eigenvalue weighted by molar-refractivity contribution is -0.118. The summed E-state index contributed by atoms with van der Waals surface area (Å²) in [6, 6.07) is 16.2. The van der Waals surface area contributed by atoms with Crippen LogP contribution in [0.15, 0.2) is 60.8 Å². The average molecular weight is 362 g/mol. The summed E-state index contributed by atoms with van der Waals surface area (Å²) in [5.74, 6) is 1.33. The third kappa shape index (κ3) is 3.82. The molecular weight excluding hydrogens is 344 g/mol. The Balaban J connectivity index is 1.52. The van der Waals surface area contributed by atoms with Crippen molar-refractivity contribution >= 4 is 11.9 Å². The Morgan fingerprint density at radius 3 is 2.74 bits per heavy atom. The van der Waals surface area contributed by atoms with Gasteiger partial charge in [0.1, 0.15) is 6.04 Å². The van der Waals surface area contributed by atoms with E-state index in [-0.39, 0.29) is 6.79 Å². The molecule has 0 saturated carbocycles. The summed E-state index contributed by atoms with van der Waals surface area (Å²) in [6.45, 7) is 0.244. The molecule has 1 atom stereocenters. The summed E-state index contributed by atoms with van der Waals surface area (Å²) in [4.78, 5) is 20.6. The van der Waals surface area contributed by atoms with Gasteiger partial charge in [0.2, 0.25) is 18.6 Å². The molecule has 2 aromatic carbocycles. The van der Waals surface area contributed by atoms with Gasteiger partial charge in [-0.05, 0) is 29.3 Å². The van der Waals surface area contributed by atoms with Crippen molar-refractivity contribution in [2.75, 3.05) is 12.1 Å². The molecule has 3 N–H and O–H groups in total. The topological polar surface area (TPSA) is 99.4 Å². The summed E-state index contributed by atoms with van der Waals surface area (Å²) < 4.78 is 10.7. The predicted molar refractivity (Wildman–Crippen MR) is 99.4 cm³/mol. The van der Waals surface area contributed by atoms with E-state index < -0.39 is 11.9 Å². The van der Waals surface area contributed by atoms with Crippen LogP contribution in [0.5, 0.6) is 11.5 Å². The molecule has 4 rings (SSSR count). The zero-order valence-corrected chi connectivity index (χ0v) is 14.5. The Morgan fingerprint density at radius 2 is 1.93 bits per heavy atom. The Labute approximate surface area is 156 Å². The van der Waals surface area contributed by atoms with Crippen LogP contribution in [0.4, 0.5) is 5.95 Å². The first-order valence-electron chi connectivity index (χ1n) is 8.50. The average Bonchev–Trinajstić information content (AvgIpc) is 3.15. The number of hydrogen-bond donors (Lipinski definition) is 2. The third-order valence-corrected chi connectivity index (χ3v) is 4.23. The van der Waals surface area contributed by atoms with Gasteiger partial charge in [-0.25, -0.2) is 9.97 Å². The van der Waals surface area contributed by atoms with E-state index in [9.17, 15) is 4.79 Å². The summed E-state index contributed by atoms with van der Waals surface area (Å²) in [7, 11) is 0. The maximum atomic E-state index is 11.9. The van der Waals surface area contributed by atoms with Crippen LogP contribution in [0.25, 0.3) is 0 Å². The van der Waals surface area contributed by atoms with Crippen LogP contribution in [0.1, 0.15) is 22.9 Å². The Kier molecular flexibility index (Phi) is 4.57. The molecule has 0 saturated heterocycles. The number of benzene rings is 2. The largest absolute Gasteiger partial charge is 0.454 e. The molecule has 1 aromatic heterocycles. The third-order valence-electron chi connectivity index (χ3n) is 4.23. The van der Waals surface area contributed by atoms with Crippen LogP contribution in [0.3, 0.4) is 0 Å². The minimum atomic E-state index is -0.702. The number of carbonyl (C=O) groups is 1. The van der Waals surface area contributed by atoms with Crippen molar-refractivity contribution in [3.8, 4) is 11.5 Å². The van der Waals surface area contributed by atoms with Crippen molar-refractivity contribution in [2.24, 2.45) is 5.73 Å². The number of carbonyl (C=O) groups excluding carboxylic acids is 1. The number of nitrogens with zero attached hydrogens (tertiary/aromatic N) is 2. The Morgan fingerprint density at radius 1 is 1.11 bits per heavy atom. The number of anilines is 1. The zero-order valence-electron chi connectivity index (χ0n) is 14.5. The van der Waals surface area contributed by atoms with Gasteiger partial charge in [-0.3, -0.25) is 4.79 Å². The van der Waals surface area contributed by atoms with Crippen molar-refractivity contribution < 1.29 is 14.3 Å². The van der Waals surface area contributed by atoms with E-state index in [0.717, 1.165) is 28.3 Å². The molecule has 1 aliphatic rings. The van der Waals surface area contributed by atoms with E-state index in [2.05, 4.69) is 15.3 Å². The van der Waals surface area contributed by atoms with Crippen molar-refractivity contribution in [3.05, 3.63) is 77.6 Å². The maximum Gasteiger partial charge on any atom is 0.244 e. The van der Waals surface area contributed by atoms with Gasteiger partial charge in [0, 0.05) is 12.6 Å². The zero-order chi connectivity index (χ0) is 18.6. The number of ether oxygens (including phenoxy) is 2. The van der Waals surface area contributed by atoms with Gasteiger partial charge < -0.3 is 20.5 Å². The quantitative estimate of drug-likeness (QED) is 0.699. The molecule has 136 valence electrons. The number of rotatable bonds is 6. The molecule has 2 heterocycles. The van der Waals surface area contributed by atoms with Gasteiger partial charge >= 0.3 is 0 Å². The Bertz CT molecular complexity index is 962. The highest BCUT2D eigenvalue weighted by atomic mass is 16.7. The standard InChI is InChI=1S/C20H18N4O3/c21-19(25)18(14-4-2-1-3-5-14)24-20-22-9-8-15(23-20)10-13-6-7-16-17(11-13)27-12-26-16/h1-9,11,18H,10,12H2,(H2,21,25)(H,22,23,24). The van der Waals surface area contributed by atoms with E-state index in [1.165, 1.54) is 0 Å². The van der Waals surface area contributed by atoms with Gasteiger partial charge in [0.05, 0.1) is 5.69 Å². The van der Waals surface area contributed by atoms with Crippen LogP contribution in [0, 0.1) is 0 Å². The lowest BCUT2D eigenvalue weighted by Gasteiger charge is -2.16. The molecule has 0 spiro atoms.